The molecule has 0 aliphatic carbocycles. The maximum absolute atomic E-state index is 4.71. The van der Waals surface area contributed by atoms with E-state index in [4.69, 9.17) is 4.98 Å². The molecule has 5 nitrogen and oxygen atoms in total. The lowest BCUT2D eigenvalue weighted by Gasteiger charge is -2.14. The molecule has 5 aromatic rings. The van der Waals surface area contributed by atoms with Gasteiger partial charge < -0.3 is 0 Å². The Labute approximate surface area is 232 Å². The smallest absolute Gasteiger partial charge is 0.0920 e. The van der Waals surface area contributed by atoms with Gasteiger partial charge in [0.25, 0.3) is 0 Å². The number of aryl methyl sites for hydroxylation is 5. The van der Waals surface area contributed by atoms with Crippen LogP contribution in [0.5, 0.6) is 0 Å². The normalized spacial score (nSPS) is 10.7. The SMILES string of the molecule is Cc1ccc(-c2cc(C)cc(-c3ccc(C)cn3)n2)nc1.Cc1cnc(-c2ncc(C)c(C)c2C)c(C)c1C. The highest BCUT2D eigenvalue weighted by atomic mass is 14.8. The molecular weight excluding hydrogens is 478 g/mol. The zero-order valence-corrected chi connectivity index (χ0v) is 24.5. The van der Waals surface area contributed by atoms with Crippen LogP contribution in [0.15, 0.2) is 61.2 Å². The molecule has 0 spiro atoms. The molecule has 39 heavy (non-hydrogen) atoms. The maximum atomic E-state index is 4.71. The summed E-state index contributed by atoms with van der Waals surface area (Å²) < 4.78 is 0. The number of pyridine rings is 5. The van der Waals surface area contributed by atoms with Gasteiger partial charge >= 0.3 is 0 Å². The van der Waals surface area contributed by atoms with Gasteiger partial charge in [-0.3, -0.25) is 19.9 Å². The van der Waals surface area contributed by atoms with E-state index >= 15 is 0 Å². The van der Waals surface area contributed by atoms with E-state index in [1.54, 1.807) is 0 Å². The summed E-state index contributed by atoms with van der Waals surface area (Å²) in [5.41, 5.74) is 16.5. The molecule has 0 aliphatic heterocycles. The van der Waals surface area contributed by atoms with Gasteiger partial charge in [-0.1, -0.05) is 12.1 Å². The van der Waals surface area contributed by atoms with Crippen LogP contribution >= 0.6 is 0 Å². The van der Waals surface area contributed by atoms with Crippen LogP contribution in [0, 0.1) is 62.3 Å². The summed E-state index contributed by atoms with van der Waals surface area (Å²) >= 11 is 0. The molecule has 0 atom stereocenters. The van der Waals surface area contributed by atoms with Crippen LogP contribution in [0.2, 0.25) is 0 Å². The van der Waals surface area contributed by atoms with Crippen LogP contribution in [0.25, 0.3) is 34.2 Å². The van der Waals surface area contributed by atoms with Gasteiger partial charge in [0.2, 0.25) is 0 Å². The number of hydrogen-bond acceptors (Lipinski definition) is 5. The third-order valence-corrected chi connectivity index (χ3v) is 7.33. The van der Waals surface area contributed by atoms with Crippen LogP contribution in [0.4, 0.5) is 0 Å². The van der Waals surface area contributed by atoms with E-state index in [1.807, 2.05) is 50.8 Å². The van der Waals surface area contributed by atoms with Gasteiger partial charge in [0.05, 0.1) is 34.2 Å². The van der Waals surface area contributed by atoms with E-state index < -0.39 is 0 Å². The first-order valence-electron chi connectivity index (χ1n) is 13.3. The van der Waals surface area contributed by atoms with Crippen LogP contribution in [0.3, 0.4) is 0 Å². The lowest BCUT2D eigenvalue weighted by molar-refractivity contribution is 1.11. The molecule has 0 saturated heterocycles. The zero-order valence-electron chi connectivity index (χ0n) is 24.5. The summed E-state index contributed by atoms with van der Waals surface area (Å²) in [6, 6.07) is 12.2. The minimum atomic E-state index is 0.882. The molecule has 0 fully saturated rings. The highest BCUT2D eigenvalue weighted by Gasteiger charge is 2.13. The van der Waals surface area contributed by atoms with Gasteiger partial charge in [-0.25, -0.2) is 4.98 Å². The third kappa shape index (κ3) is 6.26. The topological polar surface area (TPSA) is 64.5 Å². The van der Waals surface area contributed by atoms with E-state index in [9.17, 15) is 0 Å². The predicted octanol–water partition coefficient (Wildman–Crippen LogP) is 8.12. The van der Waals surface area contributed by atoms with Crippen LogP contribution in [-0.2, 0) is 0 Å². The van der Waals surface area contributed by atoms with Crippen molar-refractivity contribution in [3.63, 3.8) is 0 Å². The number of aromatic nitrogens is 5. The third-order valence-electron chi connectivity index (χ3n) is 7.33. The molecule has 0 bridgehead atoms. The first-order valence-corrected chi connectivity index (χ1v) is 13.3. The van der Waals surface area contributed by atoms with Crippen molar-refractivity contribution in [1.82, 2.24) is 24.9 Å². The molecule has 0 N–H and O–H groups in total. The zero-order chi connectivity index (χ0) is 28.3. The molecule has 0 amide bonds. The number of nitrogens with zero attached hydrogens (tertiary/aromatic N) is 5. The molecule has 5 heterocycles. The molecule has 0 unspecified atom stereocenters. The molecule has 5 rings (SSSR count). The Morgan fingerprint density at radius 2 is 0.795 bits per heavy atom. The average Bonchev–Trinajstić information content (AvgIpc) is 2.92. The summed E-state index contributed by atoms with van der Waals surface area (Å²) in [5, 5.41) is 0. The van der Waals surface area contributed by atoms with E-state index in [0.717, 1.165) is 50.9 Å². The first-order chi connectivity index (χ1) is 18.5. The Morgan fingerprint density at radius 3 is 1.15 bits per heavy atom. The standard InChI is InChI=1S/C18H17N3.C16H20N2/c1-12-4-6-15(19-10-12)17-8-14(3)9-18(21-17)16-7-5-13(2)11-20-16;1-9-7-17-15(13(5)11(9)3)16-14(6)12(4)10(2)8-18-16/h4-11H,1-3H3;7-8H,1-6H3. The lowest BCUT2D eigenvalue weighted by atomic mass is 9.98. The summed E-state index contributed by atoms with van der Waals surface area (Å²) in [6.07, 6.45) is 7.61. The average molecular weight is 516 g/mol. The predicted molar refractivity (Wildman–Crippen MR) is 161 cm³/mol. The van der Waals surface area contributed by atoms with Crippen molar-refractivity contribution in [3.8, 4) is 34.2 Å². The van der Waals surface area contributed by atoms with Crippen molar-refractivity contribution in [1.29, 1.82) is 0 Å². The highest BCUT2D eigenvalue weighted by molar-refractivity contribution is 5.66. The second-order valence-electron chi connectivity index (χ2n) is 10.4. The lowest BCUT2D eigenvalue weighted by Crippen LogP contribution is -2.00. The van der Waals surface area contributed by atoms with Crippen molar-refractivity contribution >= 4 is 0 Å². The minimum Gasteiger partial charge on any atom is -0.254 e. The molecule has 5 heteroatoms. The van der Waals surface area contributed by atoms with Crippen molar-refractivity contribution < 1.29 is 0 Å². The fraction of sp³-hybridized carbons (Fsp3) is 0.265. The molecule has 0 aromatic carbocycles. The summed E-state index contributed by atoms with van der Waals surface area (Å²) in [5.74, 6) is 0. The summed E-state index contributed by atoms with van der Waals surface area (Å²) in [7, 11) is 0. The quantitative estimate of drug-likeness (QED) is 0.243. The Bertz CT molecular complexity index is 1500. The number of hydrogen-bond donors (Lipinski definition) is 0. The van der Waals surface area contributed by atoms with Gasteiger partial charge in [0.15, 0.2) is 0 Å². The Hall–Kier alpha value is -4.25. The summed E-state index contributed by atoms with van der Waals surface area (Å²) in [4.78, 5) is 22.8. The molecule has 0 radical (unpaired) electrons. The van der Waals surface area contributed by atoms with Crippen molar-refractivity contribution in [2.24, 2.45) is 0 Å². The summed E-state index contributed by atoms with van der Waals surface area (Å²) in [6.45, 7) is 18.9. The van der Waals surface area contributed by atoms with E-state index in [-0.39, 0.29) is 0 Å². The Balaban J connectivity index is 0.000000183. The van der Waals surface area contributed by atoms with Crippen molar-refractivity contribution in [2.75, 3.05) is 0 Å². The second-order valence-corrected chi connectivity index (χ2v) is 10.4. The largest absolute Gasteiger partial charge is 0.254 e. The van der Waals surface area contributed by atoms with Gasteiger partial charge in [-0.15, -0.1) is 0 Å². The second kappa shape index (κ2) is 11.6. The maximum Gasteiger partial charge on any atom is 0.0920 e. The Kier molecular flexibility index (Phi) is 8.29. The van der Waals surface area contributed by atoms with Gasteiger partial charge in [-0.05, 0) is 137 Å². The highest BCUT2D eigenvalue weighted by Crippen LogP contribution is 2.28. The number of rotatable bonds is 3. The van der Waals surface area contributed by atoms with Crippen LogP contribution in [0.1, 0.15) is 50.1 Å². The van der Waals surface area contributed by atoms with Gasteiger partial charge in [-0.2, -0.15) is 0 Å². The van der Waals surface area contributed by atoms with E-state index in [1.165, 1.54) is 33.4 Å². The van der Waals surface area contributed by atoms with Crippen LogP contribution in [-0.4, -0.2) is 24.9 Å². The monoisotopic (exact) mass is 515 g/mol. The van der Waals surface area contributed by atoms with Crippen LogP contribution < -0.4 is 0 Å². The first kappa shape index (κ1) is 27.8. The molecule has 198 valence electrons. The van der Waals surface area contributed by atoms with E-state index in [0.29, 0.717) is 0 Å². The Morgan fingerprint density at radius 1 is 0.385 bits per heavy atom. The fourth-order valence-electron chi connectivity index (χ4n) is 4.30. The molecule has 0 aliphatic rings. The van der Waals surface area contributed by atoms with E-state index in [2.05, 4.69) is 92.7 Å². The molecule has 0 saturated carbocycles. The molecular formula is C34H37N5. The molecule has 5 aromatic heterocycles. The van der Waals surface area contributed by atoms with Crippen molar-refractivity contribution in [3.05, 3.63) is 111 Å². The fourth-order valence-corrected chi connectivity index (χ4v) is 4.30. The van der Waals surface area contributed by atoms with Gasteiger partial charge in [0, 0.05) is 24.8 Å². The minimum absolute atomic E-state index is 0.882. The van der Waals surface area contributed by atoms with Gasteiger partial charge in [0.1, 0.15) is 0 Å². The van der Waals surface area contributed by atoms with Crippen molar-refractivity contribution in [2.45, 2.75) is 62.3 Å².